The fraction of sp³-hybridized carbons (Fsp3) is 0.450. The average molecular weight is 645 g/mol. The van der Waals surface area contributed by atoms with E-state index in [0.717, 1.165) is 61.8 Å². The standard InChI is InChI=1S/C40H52O7/c1-3-5-6-15-30-44-36-25-27-37(28-26-36)45-31-34-19-23-38(24-20-34)47-40(42)35-21-17-33(18-22-35)16-13-11-9-7-8-10-12-14-29-43-32-46-39(41)4-2/h4,17-28H,2-3,5-16,29-32H2,1H3. The van der Waals surface area contributed by atoms with Crippen LogP contribution in [0.5, 0.6) is 17.2 Å². The van der Waals surface area contributed by atoms with Crippen LogP contribution in [0.2, 0.25) is 0 Å². The third-order valence-electron chi connectivity index (χ3n) is 7.77. The number of carbonyl (C=O) groups is 2. The van der Waals surface area contributed by atoms with E-state index < -0.39 is 5.97 Å². The van der Waals surface area contributed by atoms with Crippen LogP contribution in [0.25, 0.3) is 0 Å². The predicted molar refractivity (Wildman–Crippen MR) is 186 cm³/mol. The molecule has 0 aliphatic rings. The van der Waals surface area contributed by atoms with Gasteiger partial charge < -0.3 is 23.7 Å². The molecule has 7 heteroatoms. The highest BCUT2D eigenvalue weighted by Gasteiger charge is 2.09. The largest absolute Gasteiger partial charge is 0.494 e. The molecule has 0 amide bonds. The Morgan fingerprint density at radius 3 is 1.83 bits per heavy atom. The molecule has 0 unspecified atom stereocenters. The summed E-state index contributed by atoms with van der Waals surface area (Å²) in [7, 11) is 0. The molecule has 254 valence electrons. The van der Waals surface area contributed by atoms with E-state index in [2.05, 4.69) is 13.5 Å². The number of carbonyl (C=O) groups excluding carboxylic acids is 2. The Kier molecular flexibility index (Phi) is 18.5. The van der Waals surface area contributed by atoms with Crippen molar-refractivity contribution in [3.8, 4) is 17.2 Å². The van der Waals surface area contributed by atoms with E-state index in [1.807, 2.05) is 60.7 Å². The van der Waals surface area contributed by atoms with E-state index in [1.54, 1.807) is 12.1 Å². The molecule has 0 aliphatic carbocycles. The molecule has 0 N–H and O–H groups in total. The second-order valence-electron chi connectivity index (χ2n) is 11.7. The Morgan fingerprint density at radius 2 is 1.17 bits per heavy atom. The average Bonchev–Trinajstić information content (AvgIpc) is 3.10. The number of benzene rings is 3. The van der Waals surface area contributed by atoms with Gasteiger partial charge in [-0.15, -0.1) is 0 Å². The van der Waals surface area contributed by atoms with Crippen LogP contribution in [0, 0.1) is 0 Å². The van der Waals surface area contributed by atoms with Crippen LogP contribution in [0.3, 0.4) is 0 Å². The molecule has 0 saturated heterocycles. The van der Waals surface area contributed by atoms with Crippen LogP contribution >= 0.6 is 0 Å². The monoisotopic (exact) mass is 644 g/mol. The van der Waals surface area contributed by atoms with Crippen molar-refractivity contribution in [2.45, 2.75) is 97.0 Å². The lowest BCUT2D eigenvalue weighted by molar-refractivity contribution is -0.150. The third-order valence-corrected chi connectivity index (χ3v) is 7.77. The highest BCUT2D eigenvalue weighted by molar-refractivity contribution is 5.91. The maximum atomic E-state index is 12.7. The number of aryl methyl sites for hydroxylation is 1. The molecule has 0 heterocycles. The van der Waals surface area contributed by atoms with E-state index in [9.17, 15) is 9.59 Å². The van der Waals surface area contributed by atoms with Gasteiger partial charge in [0.1, 0.15) is 23.9 Å². The van der Waals surface area contributed by atoms with Gasteiger partial charge in [0.05, 0.1) is 18.8 Å². The lowest BCUT2D eigenvalue weighted by atomic mass is 10.0. The van der Waals surface area contributed by atoms with Gasteiger partial charge in [-0.2, -0.15) is 0 Å². The van der Waals surface area contributed by atoms with Gasteiger partial charge >= 0.3 is 11.9 Å². The quantitative estimate of drug-likeness (QED) is 0.0299. The second-order valence-corrected chi connectivity index (χ2v) is 11.7. The lowest BCUT2D eigenvalue weighted by Crippen LogP contribution is -2.08. The summed E-state index contributed by atoms with van der Waals surface area (Å²) in [5.74, 6) is 1.32. The molecular formula is C40H52O7. The number of rotatable bonds is 25. The van der Waals surface area contributed by atoms with Crippen molar-refractivity contribution in [2.75, 3.05) is 20.0 Å². The minimum Gasteiger partial charge on any atom is -0.494 e. The van der Waals surface area contributed by atoms with E-state index in [-0.39, 0.29) is 12.8 Å². The molecule has 47 heavy (non-hydrogen) atoms. The summed E-state index contributed by atoms with van der Waals surface area (Å²) in [5.41, 5.74) is 2.75. The minimum absolute atomic E-state index is 0.00359. The van der Waals surface area contributed by atoms with Crippen LogP contribution in [0.1, 0.15) is 105 Å². The summed E-state index contributed by atoms with van der Waals surface area (Å²) in [6.45, 7) is 7.31. The summed E-state index contributed by atoms with van der Waals surface area (Å²) in [5, 5.41) is 0. The van der Waals surface area contributed by atoms with Gasteiger partial charge in [-0.1, -0.05) is 95.6 Å². The maximum absolute atomic E-state index is 12.7. The van der Waals surface area contributed by atoms with E-state index in [4.69, 9.17) is 23.7 Å². The smallest absolute Gasteiger partial charge is 0.343 e. The van der Waals surface area contributed by atoms with Gasteiger partial charge in [-0.05, 0) is 85.3 Å². The highest BCUT2D eigenvalue weighted by atomic mass is 16.7. The van der Waals surface area contributed by atoms with Crippen molar-refractivity contribution in [3.63, 3.8) is 0 Å². The summed E-state index contributed by atoms with van der Waals surface area (Å²) >= 11 is 0. The van der Waals surface area contributed by atoms with Gasteiger partial charge in [0.25, 0.3) is 0 Å². The van der Waals surface area contributed by atoms with Crippen LogP contribution in [-0.4, -0.2) is 31.9 Å². The first-order chi connectivity index (χ1) is 23.1. The normalized spacial score (nSPS) is 10.7. The maximum Gasteiger partial charge on any atom is 0.343 e. The number of hydrogen-bond donors (Lipinski definition) is 0. The van der Waals surface area contributed by atoms with Crippen LogP contribution in [-0.2, 0) is 27.3 Å². The van der Waals surface area contributed by atoms with Gasteiger partial charge in [0.2, 0.25) is 0 Å². The number of unbranched alkanes of at least 4 members (excludes halogenated alkanes) is 10. The molecule has 7 nitrogen and oxygen atoms in total. The third kappa shape index (κ3) is 16.3. The van der Waals surface area contributed by atoms with Crippen molar-refractivity contribution in [2.24, 2.45) is 0 Å². The lowest BCUT2D eigenvalue weighted by Gasteiger charge is -2.10. The predicted octanol–water partition coefficient (Wildman–Crippen LogP) is 9.81. The Bertz CT molecular complexity index is 1280. The van der Waals surface area contributed by atoms with Crippen LogP contribution < -0.4 is 14.2 Å². The molecule has 0 atom stereocenters. The van der Waals surface area contributed by atoms with Gasteiger partial charge in [-0.25, -0.2) is 9.59 Å². The van der Waals surface area contributed by atoms with E-state index in [0.29, 0.717) is 24.5 Å². The fourth-order valence-corrected chi connectivity index (χ4v) is 4.96. The van der Waals surface area contributed by atoms with Gasteiger partial charge in [0.15, 0.2) is 6.79 Å². The van der Waals surface area contributed by atoms with E-state index >= 15 is 0 Å². The molecule has 0 aromatic heterocycles. The zero-order chi connectivity index (χ0) is 33.4. The van der Waals surface area contributed by atoms with Gasteiger partial charge in [-0.3, -0.25) is 0 Å². The van der Waals surface area contributed by atoms with Crippen molar-refractivity contribution in [1.82, 2.24) is 0 Å². The molecule has 0 fully saturated rings. The first kappa shape index (κ1) is 37.4. The van der Waals surface area contributed by atoms with Crippen LogP contribution in [0.15, 0.2) is 85.5 Å². The molecule has 3 rings (SSSR count). The van der Waals surface area contributed by atoms with Crippen molar-refractivity contribution >= 4 is 11.9 Å². The summed E-state index contributed by atoms with van der Waals surface area (Å²) in [6.07, 6.45) is 16.2. The Balaban J connectivity index is 1.24. The summed E-state index contributed by atoms with van der Waals surface area (Å²) in [4.78, 5) is 23.6. The Labute approximate surface area is 281 Å². The SMILES string of the molecule is C=CC(=O)OCOCCCCCCCCCCc1ccc(C(=O)Oc2ccc(COc3ccc(OCCCCCC)cc3)cc2)cc1. The van der Waals surface area contributed by atoms with Gasteiger partial charge in [0, 0.05) is 6.08 Å². The fourth-order valence-electron chi connectivity index (χ4n) is 4.96. The number of ether oxygens (including phenoxy) is 5. The molecular weight excluding hydrogens is 592 g/mol. The minimum atomic E-state index is -0.458. The molecule has 3 aromatic rings. The van der Waals surface area contributed by atoms with Crippen LogP contribution in [0.4, 0.5) is 0 Å². The second kappa shape index (κ2) is 23.3. The molecule has 0 radical (unpaired) electrons. The summed E-state index contributed by atoms with van der Waals surface area (Å²) in [6, 6.07) is 22.8. The zero-order valence-electron chi connectivity index (χ0n) is 28.1. The first-order valence-corrected chi connectivity index (χ1v) is 17.2. The highest BCUT2D eigenvalue weighted by Crippen LogP contribution is 2.21. The number of esters is 2. The van der Waals surface area contributed by atoms with Crippen molar-refractivity contribution in [1.29, 1.82) is 0 Å². The Morgan fingerprint density at radius 1 is 0.617 bits per heavy atom. The van der Waals surface area contributed by atoms with Crippen molar-refractivity contribution in [3.05, 3.63) is 102 Å². The first-order valence-electron chi connectivity index (χ1n) is 17.2. The molecule has 0 saturated carbocycles. The molecule has 0 aliphatic heterocycles. The molecule has 0 spiro atoms. The number of hydrogen-bond acceptors (Lipinski definition) is 7. The topological polar surface area (TPSA) is 80.3 Å². The zero-order valence-corrected chi connectivity index (χ0v) is 28.1. The van der Waals surface area contributed by atoms with Crippen molar-refractivity contribution < 1.29 is 33.3 Å². The molecule has 0 bridgehead atoms. The Hall–Kier alpha value is -4.10. The summed E-state index contributed by atoms with van der Waals surface area (Å²) < 4.78 is 27.3. The molecule has 3 aromatic carbocycles. The van der Waals surface area contributed by atoms with E-state index in [1.165, 1.54) is 56.9 Å².